The van der Waals surface area contributed by atoms with E-state index in [1.807, 2.05) is 12.1 Å². The maximum Gasteiger partial charge on any atom is 0.409 e. The number of aryl methyl sites for hydroxylation is 1. The molecule has 0 aromatic heterocycles. The number of piperazine rings is 1. The van der Waals surface area contributed by atoms with Crippen LogP contribution in [0.15, 0.2) is 29.2 Å². The fourth-order valence-corrected chi connectivity index (χ4v) is 4.30. The van der Waals surface area contributed by atoms with E-state index in [1.54, 1.807) is 24.0 Å². The minimum Gasteiger partial charge on any atom is -0.450 e. The lowest BCUT2D eigenvalue weighted by molar-refractivity contribution is 0.0934. The highest BCUT2D eigenvalue weighted by molar-refractivity contribution is 7.89. The van der Waals surface area contributed by atoms with Crippen molar-refractivity contribution in [2.24, 2.45) is 0 Å². The Morgan fingerprint density at radius 3 is 2.24 bits per heavy atom. The quantitative estimate of drug-likeness (QED) is 0.694. The minimum absolute atomic E-state index is 0.291. The molecule has 0 radical (unpaired) electrons. The molecule has 0 N–H and O–H groups in total. The molecule has 0 atom stereocenters. The van der Waals surface area contributed by atoms with Gasteiger partial charge in [-0.1, -0.05) is 31.9 Å². The van der Waals surface area contributed by atoms with Crippen LogP contribution >= 0.6 is 0 Å². The van der Waals surface area contributed by atoms with Gasteiger partial charge in [0, 0.05) is 26.2 Å². The van der Waals surface area contributed by atoms with E-state index in [0.29, 0.717) is 37.7 Å². The van der Waals surface area contributed by atoms with Gasteiger partial charge in [0.15, 0.2) is 0 Å². The van der Waals surface area contributed by atoms with Crippen molar-refractivity contribution >= 4 is 16.1 Å². The lowest BCUT2D eigenvalue weighted by Crippen LogP contribution is -2.50. The topological polar surface area (TPSA) is 66.9 Å². The van der Waals surface area contributed by atoms with Crippen molar-refractivity contribution in [3.8, 4) is 0 Å². The molecule has 0 spiro atoms. The first-order valence-corrected chi connectivity index (χ1v) is 10.4. The second kappa shape index (κ2) is 9.20. The van der Waals surface area contributed by atoms with E-state index < -0.39 is 10.0 Å². The zero-order valence-electron chi connectivity index (χ0n) is 15.1. The highest BCUT2D eigenvalue weighted by Crippen LogP contribution is 2.19. The molecule has 1 aromatic rings. The molecule has 0 saturated carbocycles. The van der Waals surface area contributed by atoms with Crippen LogP contribution in [0.3, 0.4) is 0 Å². The maximum absolute atomic E-state index is 12.8. The number of hydrogen-bond donors (Lipinski definition) is 0. The van der Waals surface area contributed by atoms with Gasteiger partial charge in [-0.15, -0.1) is 0 Å². The van der Waals surface area contributed by atoms with E-state index >= 15 is 0 Å². The largest absolute Gasteiger partial charge is 0.450 e. The fourth-order valence-electron chi connectivity index (χ4n) is 2.88. The summed E-state index contributed by atoms with van der Waals surface area (Å²) in [5.41, 5.74) is 1.17. The zero-order valence-corrected chi connectivity index (χ0v) is 15.9. The Hall–Kier alpha value is -1.60. The Bertz CT molecular complexity index is 650. The predicted octanol–water partition coefficient (Wildman–Crippen LogP) is 2.88. The Labute approximate surface area is 150 Å². The van der Waals surface area contributed by atoms with E-state index in [2.05, 4.69) is 6.92 Å². The summed E-state index contributed by atoms with van der Waals surface area (Å²) in [6.07, 6.45) is 4.08. The van der Waals surface area contributed by atoms with Gasteiger partial charge in [-0.3, -0.25) is 0 Å². The maximum atomic E-state index is 12.8. The third-order valence-corrected chi connectivity index (χ3v) is 6.31. The van der Waals surface area contributed by atoms with E-state index in [0.717, 1.165) is 12.8 Å². The molecule has 25 heavy (non-hydrogen) atoms. The van der Waals surface area contributed by atoms with Gasteiger partial charge in [-0.25, -0.2) is 13.2 Å². The molecular formula is C18H28N2O4S. The SMILES string of the molecule is CCCCCc1ccc(S(=O)(=O)N2CCN(C(=O)OCC)CC2)cc1. The van der Waals surface area contributed by atoms with Crippen LogP contribution in [-0.2, 0) is 21.2 Å². The fraction of sp³-hybridized carbons (Fsp3) is 0.611. The number of unbranched alkanes of at least 4 members (excludes halogenated alkanes) is 2. The number of carbonyl (C=O) groups is 1. The first-order chi connectivity index (χ1) is 12.0. The van der Waals surface area contributed by atoms with Gasteiger partial charge in [-0.2, -0.15) is 4.31 Å². The average Bonchev–Trinajstić information content (AvgIpc) is 2.63. The number of carbonyl (C=O) groups excluding carboxylic acids is 1. The Kier molecular flexibility index (Phi) is 7.25. The molecule has 1 fully saturated rings. The van der Waals surface area contributed by atoms with Gasteiger partial charge in [0.2, 0.25) is 10.0 Å². The summed E-state index contributed by atoms with van der Waals surface area (Å²) in [6.45, 7) is 5.53. The lowest BCUT2D eigenvalue weighted by atomic mass is 10.1. The summed E-state index contributed by atoms with van der Waals surface area (Å²) in [6, 6.07) is 7.18. The van der Waals surface area contributed by atoms with Gasteiger partial charge >= 0.3 is 6.09 Å². The Morgan fingerprint density at radius 1 is 1.04 bits per heavy atom. The van der Waals surface area contributed by atoms with E-state index in [9.17, 15) is 13.2 Å². The summed E-state index contributed by atoms with van der Waals surface area (Å²) < 4.78 is 31.9. The van der Waals surface area contributed by atoms with Crippen LogP contribution in [0.25, 0.3) is 0 Å². The minimum atomic E-state index is -3.51. The van der Waals surface area contributed by atoms with Gasteiger partial charge < -0.3 is 9.64 Å². The van der Waals surface area contributed by atoms with E-state index in [4.69, 9.17) is 4.74 Å². The highest BCUT2D eigenvalue weighted by Gasteiger charge is 2.30. The van der Waals surface area contributed by atoms with Crippen molar-refractivity contribution in [2.75, 3.05) is 32.8 Å². The Balaban J connectivity index is 1.96. The molecule has 1 aromatic carbocycles. The van der Waals surface area contributed by atoms with Crippen LogP contribution in [0, 0.1) is 0 Å². The first kappa shape index (κ1) is 19.7. The molecule has 7 heteroatoms. The van der Waals surface area contributed by atoms with Gasteiger partial charge in [-0.05, 0) is 37.5 Å². The molecule has 140 valence electrons. The molecule has 1 aliphatic rings. The van der Waals surface area contributed by atoms with E-state index in [-0.39, 0.29) is 6.09 Å². The monoisotopic (exact) mass is 368 g/mol. The molecule has 0 bridgehead atoms. The Morgan fingerprint density at radius 2 is 1.68 bits per heavy atom. The third-order valence-electron chi connectivity index (χ3n) is 4.39. The van der Waals surface area contributed by atoms with Crippen molar-refractivity contribution in [3.63, 3.8) is 0 Å². The highest BCUT2D eigenvalue weighted by atomic mass is 32.2. The predicted molar refractivity (Wildman–Crippen MR) is 97.0 cm³/mol. The van der Waals surface area contributed by atoms with Crippen molar-refractivity contribution in [1.29, 1.82) is 0 Å². The van der Waals surface area contributed by atoms with Crippen molar-refractivity contribution in [3.05, 3.63) is 29.8 Å². The second-order valence-electron chi connectivity index (χ2n) is 6.19. The number of amides is 1. The number of ether oxygens (including phenoxy) is 1. The molecule has 0 unspecified atom stereocenters. The molecule has 1 saturated heterocycles. The standard InChI is InChI=1S/C18H28N2O4S/c1-3-5-6-7-16-8-10-17(11-9-16)25(22,23)20-14-12-19(13-15-20)18(21)24-4-2/h8-11H,3-7,12-15H2,1-2H3. The number of rotatable bonds is 7. The summed E-state index contributed by atoms with van der Waals surface area (Å²) in [7, 11) is -3.51. The lowest BCUT2D eigenvalue weighted by Gasteiger charge is -2.33. The molecule has 6 nitrogen and oxygen atoms in total. The smallest absolute Gasteiger partial charge is 0.409 e. The van der Waals surface area contributed by atoms with Crippen LogP contribution in [0.2, 0.25) is 0 Å². The van der Waals surface area contributed by atoms with E-state index in [1.165, 1.54) is 22.7 Å². The van der Waals surface area contributed by atoms with Crippen LogP contribution < -0.4 is 0 Å². The molecule has 0 aliphatic carbocycles. The molecule has 2 rings (SSSR count). The molecule has 1 aliphatic heterocycles. The third kappa shape index (κ3) is 5.19. The van der Waals surface area contributed by atoms with Crippen molar-refractivity contribution in [2.45, 2.75) is 44.4 Å². The van der Waals surface area contributed by atoms with Crippen LogP contribution in [0.1, 0.15) is 38.7 Å². The van der Waals surface area contributed by atoms with Gasteiger partial charge in [0.05, 0.1) is 11.5 Å². The van der Waals surface area contributed by atoms with Gasteiger partial charge in [0.25, 0.3) is 0 Å². The number of hydrogen-bond acceptors (Lipinski definition) is 4. The van der Waals surface area contributed by atoms with Crippen LogP contribution in [0.5, 0.6) is 0 Å². The van der Waals surface area contributed by atoms with Crippen LogP contribution in [0.4, 0.5) is 4.79 Å². The average molecular weight is 368 g/mol. The normalized spacial score (nSPS) is 16.0. The van der Waals surface area contributed by atoms with Crippen LogP contribution in [-0.4, -0.2) is 56.5 Å². The summed E-state index contributed by atoms with van der Waals surface area (Å²) in [4.78, 5) is 13.6. The summed E-state index contributed by atoms with van der Waals surface area (Å²) in [5.74, 6) is 0. The van der Waals surface area contributed by atoms with Crippen molar-refractivity contribution < 1.29 is 17.9 Å². The molecule has 1 amide bonds. The van der Waals surface area contributed by atoms with Gasteiger partial charge in [0.1, 0.15) is 0 Å². The number of sulfonamides is 1. The molecular weight excluding hydrogens is 340 g/mol. The second-order valence-corrected chi connectivity index (χ2v) is 8.13. The summed E-state index contributed by atoms with van der Waals surface area (Å²) >= 11 is 0. The number of benzene rings is 1. The molecule has 1 heterocycles. The first-order valence-electron chi connectivity index (χ1n) is 8.99. The zero-order chi connectivity index (χ0) is 18.3. The van der Waals surface area contributed by atoms with Crippen molar-refractivity contribution in [1.82, 2.24) is 9.21 Å². The number of nitrogens with zero attached hydrogens (tertiary/aromatic N) is 2. The summed E-state index contributed by atoms with van der Waals surface area (Å²) in [5, 5.41) is 0.